The fraction of sp³-hybridized carbons (Fsp3) is 0.650. The average Bonchev–Trinajstić information content (AvgIpc) is 3.31. The molecule has 0 bridgehead atoms. The topological polar surface area (TPSA) is 78.9 Å². The fourth-order valence-corrected chi connectivity index (χ4v) is 6.99. The Morgan fingerprint density at radius 3 is 1.00 bits per heavy atom. The maximum Gasteiger partial charge on any atom is 0.306 e. The molecule has 0 aromatic rings. The monoisotopic (exact) mass is 915 g/mol. The van der Waals surface area contributed by atoms with E-state index in [2.05, 4.69) is 130 Å². The summed E-state index contributed by atoms with van der Waals surface area (Å²) in [5, 5.41) is 0. The molecule has 0 saturated carbocycles. The third-order valence-corrected chi connectivity index (χ3v) is 11.0. The molecule has 374 valence electrons. The molecule has 66 heavy (non-hydrogen) atoms. The van der Waals surface area contributed by atoms with E-state index in [9.17, 15) is 14.4 Å². The third kappa shape index (κ3) is 51.1. The van der Waals surface area contributed by atoms with Gasteiger partial charge < -0.3 is 14.2 Å². The van der Waals surface area contributed by atoms with Crippen molar-refractivity contribution < 1.29 is 28.6 Å². The van der Waals surface area contributed by atoms with Gasteiger partial charge in [0.15, 0.2) is 6.10 Å². The molecule has 0 radical (unpaired) electrons. The lowest BCUT2D eigenvalue weighted by Gasteiger charge is -2.18. The lowest BCUT2D eigenvalue weighted by Crippen LogP contribution is -2.30. The van der Waals surface area contributed by atoms with Gasteiger partial charge in [-0.25, -0.2) is 0 Å². The van der Waals surface area contributed by atoms with Crippen LogP contribution in [-0.2, 0) is 28.6 Å². The van der Waals surface area contributed by atoms with E-state index in [1.807, 2.05) is 0 Å². The smallest absolute Gasteiger partial charge is 0.306 e. The number of ether oxygens (including phenoxy) is 3. The molecule has 0 rings (SSSR count). The number of rotatable bonds is 47. The molecular formula is C60H98O6. The summed E-state index contributed by atoms with van der Waals surface area (Å²) in [6.07, 6.45) is 72.4. The minimum atomic E-state index is -0.790. The van der Waals surface area contributed by atoms with Crippen LogP contribution in [0.4, 0.5) is 0 Å². The number of esters is 3. The minimum Gasteiger partial charge on any atom is -0.462 e. The Kier molecular flexibility index (Phi) is 50.5. The highest BCUT2D eigenvalue weighted by Crippen LogP contribution is 2.13. The highest BCUT2D eigenvalue weighted by molar-refractivity contribution is 5.71. The van der Waals surface area contributed by atoms with E-state index in [-0.39, 0.29) is 31.1 Å². The van der Waals surface area contributed by atoms with E-state index in [1.54, 1.807) is 0 Å². The zero-order valence-electron chi connectivity index (χ0n) is 42.7. The van der Waals surface area contributed by atoms with Gasteiger partial charge in [-0.05, 0) is 103 Å². The number of allylic oxidation sites excluding steroid dienone is 18. The van der Waals surface area contributed by atoms with Gasteiger partial charge in [-0.2, -0.15) is 0 Å². The number of unbranched alkanes of at least 4 members (excludes halogenated alkanes) is 18. The average molecular weight is 915 g/mol. The van der Waals surface area contributed by atoms with Crippen LogP contribution in [0, 0.1) is 0 Å². The molecule has 0 fully saturated rings. The summed E-state index contributed by atoms with van der Waals surface area (Å²) in [5.74, 6) is -0.935. The van der Waals surface area contributed by atoms with Gasteiger partial charge in [0.1, 0.15) is 13.2 Å². The van der Waals surface area contributed by atoms with Crippen molar-refractivity contribution in [1.82, 2.24) is 0 Å². The van der Waals surface area contributed by atoms with Crippen LogP contribution in [0.5, 0.6) is 0 Å². The van der Waals surface area contributed by atoms with Crippen molar-refractivity contribution in [2.24, 2.45) is 0 Å². The maximum absolute atomic E-state index is 12.7. The summed E-state index contributed by atoms with van der Waals surface area (Å²) in [4.78, 5) is 37.8. The summed E-state index contributed by atoms with van der Waals surface area (Å²) in [6, 6.07) is 0. The molecule has 0 aromatic carbocycles. The third-order valence-electron chi connectivity index (χ3n) is 11.0. The standard InChI is InChI=1S/C60H98O6/c1-4-7-10-13-16-19-21-22-23-24-25-26-27-28-29-30-31-32-33-34-35-36-37-38-39-42-44-47-50-53-59(62)65-56-57(55-64-58(61)52-49-46-43-40-18-15-12-9-6-3)66-60(63)54-51-48-45-41-20-17-14-11-8-5-2/h7,10-11,14,16,19,22-23,25-26,28-29,31-32,34-35,37-38,57H,4-6,8-9,12-13,15,17-18,20-21,24,27,30,33,36,39-56H2,1-3H3/b10-7-,14-11-,19-16-,23-22-,26-25-,29-28-,32-31-,35-34-,38-37-. The summed E-state index contributed by atoms with van der Waals surface area (Å²) < 4.78 is 16.7. The van der Waals surface area contributed by atoms with Crippen molar-refractivity contribution in [3.8, 4) is 0 Å². The lowest BCUT2D eigenvalue weighted by atomic mass is 10.1. The van der Waals surface area contributed by atoms with Crippen LogP contribution >= 0.6 is 0 Å². The van der Waals surface area contributed by atoms with E-state index in [0.29, 0.717) is 19.3 Å². The van der Waals surface area contributed by atoms with Gasteiger partial charge in [-0.15, -0.1) is 0 Å². The second-order valence-corrected chi connectivity index (χ2v) is 17.4. The number of carbonyl (C=O) groups excluding carboxylic acids is 3. The second-order valence-electron chi connectivity index (χ2n) is 17.4. The van der Waals surface area contributed by atoms with Crippen molar-refractivity contribution in [3.63, 3.8) is 0 Å². The van der Waals surface area contributed by atoms with Crippen molar-refractivity contribution in [2.45, 2.75) is 239 Å². The summed E-state index contributed by atoms with van der Waals surface area (Å²) >= 11 is 0. The molecule has 1 unspecified atom stereocenters. The molecule has 0 aliphatic rings. The van der Waals surface area contributed by atoms with Crippen LogP contribution in [0.3, 0.4) is 0 Å². The van der Waals surface area contributed by atoms with Gasteiger partial charge in [-0.1, -0.05) is 220 Å². The van der Waals surface area contributed by atoms with E-state index in [1.165, 1.54) is 51.4 Å². The van der Waals surface area contributed by atoms with E-state index < -0.39 is 6.10 Å². The van der Waals surface area contributed by atoms with Crippen molar-refractivity contribution >= 4 is 17.9 Å². The van der Waals surface area contributed by atoms with Crippen molar-refractivity contribution in [2.75, 3.05) is 13.2 Å². The summed E-state index contributed by atoms with van der Waals surface area (Å²) in [6.45, 7) is 6.40. The normalized spacial score (nSPS) is 13.0. The molecule has 0 N–H and O–H groups in total. The summed E-state index contributed by atoms with van der Waals surface area (Å²) in [5.41, 5.74) is 0. The highest BCUT2D eigenvalue weighted by atomic mass is 16.6. The molecule has 6 heteroatoms. The molecule has 0 spiro atoms. The second kappa shape index (κ2) is 53.7. The fourth-order valence-electron chi connectivity index (χ4n) is 6.99. The molecule has 0 aliphatic carbocycles. The Hall–Kier alpha value is -3.93. The molecule has 0 aromatic heterocycles. The quantitative estimate of drug-likeness (QED) is 0.0262. The number of hydrogen-bond donors (Lipinski definition) is 0. The molecule has 0 heterocycles. The molecule has 0 amide bonds. The summed E-state index contributed by atoms with van der Waals surface area (Å²) in [7, 11) is 0. The first-order valence-corrected chi connectivity index (χ1v) is 26.9. The zero-order valence-corrected chi connectivity index (χ0v) is 42.7. The molecule has 1 atom stereocenters. The van der Waals surface area contributed by atoms with Gasteiger partial charge >= 0.3 is 17.9 Å². The Balaban J connectivity index is 4.25. The molecule has 0 aliphatic heterocycles. The van der Waals surface area contributed by atoms with Crippen LogP contribution in [-0.4, -0.2) is 37.2 Å². The largest absolute Gasteiger partial charge is 0.462 e. The zero-order chi connectivity index (χ0) is 47.9. The Morgan fingerprint density at radius 1 is 0.318 bits per heavy atom. The van der Waals surface area contributed by atoms with Gasteiger partial charge in [0, 0.05) is 19.3 Å². The van der Waals surface area contributed by atoms with Gasteiger partial charge in [-0.3, -0.25) is 14.4 Å². The van der Waals surface area contributed by atoms with E-state index >= 15 is 0 Å². The molecular weight excluding hydrogens is 817 g/mol. The van der Waals surface area contributed by atoms with E-state index in [0.717, 1.165) is 141 Å². The predicted molar refractivity (Wildman–Crippen MR) is 283 cm³/mol. The van der Waals surface area contributed by atoms with Crippen LogP contribution in [0.1, 0.15) is 233 Å². The van der Waals surface area contributed by atoms with Crippen LogP contribution in [0.25, 0.3) is 0 Å². The number of hydrogen-bond acceptors (Lipinski definition) is 6. The first-order valence-electron chi connectivity index (χ1n) is 26.9. The van der Waals surface area contributed by atoms with Crippen molar-refractivity contribution in [1.29, 1.82) is 0 Å². The lowest BCUT2D eigenvalue weighted by molar-refractivity contribution is -0.167. The van der Waals surface area contributed by atoms with Gasteiger partial charge in [0.25, 0.3) is 0 Å². The van der Waals surface area contributed by atoms with Gasteiger partial charge in [0.2, 0.25) is 0 Å². The Labute approximate surface area is 406 Å². The Bertz CT molecular complexity index is 1370. The number of carbonyl (C=O) groups is 3. The molecule has 0 saturated heterocycles. The minimum absolute atomic E-state index is 0.0897. The van der Waals surface area contributed by atoms with Crippen LogP contribution in [0.2, 0.25) is 0 Å². The Morgan fingerprint density at radius 2 is 0.621 bits per heavy atom. The maximum atomic E-state index is 12.7. The van der Waals surface area contributed by atoms with Crippen LogP contribution in [0.15, 0.2) is 109 Å². The SMILES string of the molecule is CC/C=C\C/C=C\C/C=C\C/C=C\C/C=C\C/C=C\C/C=C\C/C=C\CCCCCCC(=O)OCC(COC(=O)CCCCCCCCCCC)OC(=O)CCCCCCC/C=C\CCC. The van der Waals surface area contributed by atoms with E-state index in [4.69, 9.17) is 14.2 Å². The van der Waals surface area contributed by atoms with Crippen LogP contribution < -0.4 is 0 Å². The predicted octanol–water partition coefficient (Wildman–Crippen LogP) is 17.9. The first kappa shape index (κ1) is 62.1. The van der Waals surface area contributed by atoms with Crippen molar-refractivity contribution in [3.05, 3.63) is 109 Å². The first-order chi connectivity index (χ1) is 32.5. The molecule has 6 nitrogen and oxygen atoms in total. The van der Waals surface area contributed by atoms with Gasteiger partial charge in [0.05, 0.1) is 0 Å². The highest BCUT2D eigenvalue weighted by Gasteiger charge is 2.19.